The zero-order chi connectivity index (χ0) is 23.3. The van der Waals surface area contributed by atoms with E-state index in [0.29, 0.717) is 17.0 Å². The van der Waals surface area contributed by atoms with Crippen molar-refractivity contribution in [1.29, 1.82) is 0 Å². The number of rotatable bonds is 7. The van der Waals surface area contributed by atoms with Gasteiger partial charge in [-0.15, -0.1) is 6.58 Å². The Hall–Kier alpha value is -3.28. The molecule has 5 rings (SSSR count). The van der Waals surface area contributed by atoms with Crippen molar-refractivity contribution in [3.05, 3.63) is 102 Å². The molecule has 1 saturated carbocycles. The summed E-state index contributed by atoms with van der Waals surface area (Å²) in [5.41, 5.74) is 6.29. The van der Waals surface area contributed by atoms with E-state index in [1.807, 2.05) is 42.5 Å². The first-order valence-electron chi connectivity index (χ1n) is 11.8. The van der Waals surface area contributed by atoms with E-state index in [-0.39, 0.29) is 6.04 Å². The summed E-state index contributed by atoms with van der Waals surface area (Å²) >= 11 is 6.12. The number of benzene rings is 2. The zero-order valence-electron chi connectivity index (χ0n) is 19.0. The van der Waals surface area contributed by atoms with E-state index in [4.69, 9.17) is 16.7 Å². The number of H-pyrrole nitrogens is 1. The Bertz CT molecular complexity index is 1210. The van der Waals surface area contributed by atoms with Gasteiger partial charge < -0.3 is 5.32 Å². The number of hydrogen-bond acceptors (Lipinski definition) is 4. The highest BCUT2D eigenvalue weighted by atomic mass is 35.5. The van der Waals surface area contributed by atoms with Gasteiger partial charge in [-0.3, -0.25) is 5.10 Å². The molecule has 1 aliphatic rings. The molecular weight excluding hydrogens is 442 g/mol. The lowest BCUT2D eigenvalue weighted by molar-refractivity contribution is 0.327. The molecule has 1 fully saturated rings. The summed E-state index contributed by atoms with van der Waals surface area (Å²) in [7, 11) is 0. The van der Waals surface area contributed by atoms with Gasteiger partial charge in [0.15, 0.2) is 0 Å². The molecule has 1 aliphatic carbocycles. The van der Waals surface area contributed by atoms with Crippen LogP contribution in [-0.2, 0) is 0 Å². The van der Waals surface area contributed by atoms with Crippen molar-refractivity contribution in [3.63, 3.8) is 0 Å². The third kappa shape index (κ3) is 4.81. The molecule has 0 amide bonds. The van der Waals surface area contributed by atoms with E-state index >= 15 is 0 Å². The summed E-state index contributed by atoms with van der Waals surface area (Å²) < 4.78 is 0. The fraction of sp³-hybridized carbons (Fsp3) is 0.250. The molecule has 0 radical (unpaired) electrons. The molecule has 6 heteroatoms. The van der Waals surface area contributed by atoms with Crippen molar-refractivity contribution in [2.75, 3.05) is 0 Å². The summed E-state index contributed by atoms with van der Waals surface area (Å²) in [4.78, 5) is 8.67. The molecule has 4 aromatic rings. The van der Waals surface area contributed by atoms with E-state index in [0.717, 1.165) is 53.9 Å². The molecule has 34 heavy (non-hydrogen) atoms. The molecule has 172 valence electrons. The van der Waals surface area contributed by atoms with Crippen LogP contribution in [0, 0.1) is 0 Å². The number of nitrogens with zero attached hydrogens (tertiary/aromatic N) is 3. The summed E-state index contributed by atoms with van der Waals surface area (Å²) in [6, 6.07) is 20.9. The number of aromatic nitrogens is 4. The molecule has 0 unspecified atom stereocenters. The lowest BCUT2D eigenvalue weighted by Crippen LogP contribution is -2.35. The van der Waals surface area contributed by atoms with Gasteiger partial charge in [-0.1, -0.05) is 60.1 Å². The molecule has 2 aromatic heterocycles. The molecule has 2 aromatic carbocycles. The lowest BCUT2D eigenvalue weighted by atomic mass is 9.81. The Kier molecular flexibility index (Phi) is 6.84. The fourth-order valence-electron chi connectivity index (χ4n) is 4.93. The number of nitrogens with one attached hydrogen (secondary N) is 2. The van der Waals surface area contributed by atoms with Crippen molar-refractivity contribution in [3.8, 4) is 22.5 Å². The van der Waals surface area contributed by atoms with E-state index in [1.54, 1.807) is 12.5 Å². The summed E-state index contributed by atoms with van der Waals surface area (Å²) in [6.07, 6.45) is 9.73. The first kappa shape index (κ1) is 22.5. The smallest absolute Gasteiger partial charge is 0.116 e. The van der Waals surface area contributed by atoms with Crippen molar-refractivity contribution >= 4 is 11.6 Å². The largest absolute Gasteiger partial charge is 0.304 e. The molecule has 2 heterocycles. The minimum Gasteiger partial charge on any atom is -0.304 e. The van der Waals surface area contributed by atoms with Crippen LogP contribution < -0.4 is 5.32 Å². The Labute approximate surface area is 205 Å². The van der Waals surface area contributed by atoms with Gasteiger partial charge in [-0.25, -0.2) is 9.97 Å². The topological polar surface area (TPSA) is 66.5 Å². The molecule has 0 saturated heterocycles. The summed E-state index contributed by atoms with van der Waals surface area (Å²) in [6.45, 7) is 4.05. The maximum Gasteiger partial charge on any atom is 0.116 e. The molecular formula is C28H28ClN5. The third-order valence-electron chi connectivity index (χ3n) is 6.70. The highest BCUT2D eigenvalue weighted by Gasteiger charge is 2.29. The molecule has 0 spiro atoms. The molecule has 5 nitrogen and oxygen atoms in total. The number of hydrogen-bond donors (Lipinski definition) is 2. The van der Waals surface area contributed by atoms with Crippen LogP contribution in [0.15, 0.2) is 85.8 Å². The van der Waals surface area contributed by atoms with Crippen LogP contribution in [0.4, 0.5) is 0 Å². The van der Waals surface area contributed by atoms with Gasteiger partial charge >= 0.3 is 0 Å². The second-order valence-electron chi connectivity index (χ2n) is 8.80. The van der Waals surface area contributed by atoms with Crippen molar-refractivity contribution in [2.24, 2.45) is 0 Å². The van der Waals surface area contributed by atoms with Crippen molar-refractivity contribution in [1.82, 2.24) is 25.5 Å². The van der Waals surface area contributed by atoms with Gasteiger partial charge in [-0.2, -0.15) is 5.10 Å². The lowest BCUT2D eigenvalue weighted by Gasteiger charge is -2.31. The van der Waals surface area contributed by atoms with E-state index in [9.17, 15) is 0 Å². The van der Waals surface area contributed by atoms with Gasteiger partial charge in [0.25, 0.3) is 0 Å². The Morgan fingerprint density at radius 2 is 1.76 bits per heavy atom. The Morgan fingerprint density at radius 1 is 1.00 bits per heavy atom. The van der Waals surface area contributed by atoms with Crippen molar-refractivity contribution < 1.29 is 0 Å². The number of halogens is 1. The van der Waals surface area contributed by atoms with Gasteiger partial charge in [-0.05, 0) is 49.4 Å². The van der Waals surface area contributed by atoms with E-state index < -0.39 is 0 Å². The predicted molar refractivity (Wildman–Crippen MR) is 138 cm³/mol. The van der Waals surface area contributed by atoms with Crippen LogP contribution in [-0.4, -0.2) is 26.2 Å². The second-order valence-corrected chi connectivity index (χ2v) is 9.24. The first-order valence-corrected chi connectivity index (χ1v) is 12.1. The van der Waals surface area contributed by atoms with Gasteiger partial charge in [0.05, 0.1) is 11.7 Å². The van der Waals surface area contributed by atoms with E-state index in [2.05, 4.69) is 51.2 Å². The third-order valence-corrected chi connectivity index (χ3v) is 6.95. The van der Waals surface area contributed by atoms with Crippen LogP contribution >= 0.6 is 11.6 Å². The molecule has 1 atom stereocenters. The van der Waals surface area contributed by atoms with Gasteiger partial charge in [0, 0.05) is 40.0 Å². The standard InChI is InChI=1S/C28H28ClN5/c1-2-24(19-6-4-3-5-7-19)32-23-14-10-21(11-15-23)28-26(25-16-17-30-18-31-25)27(33-34-28)20-8-12-22(29)13-9-20/h2-9,12-13,16-18,21,23-24,32H,1,10-11,14-15H2,(H,33,34)/t21?,23?,24-/m1/s1. The maximum atomic E-state index is 6.12. The summed E-state index contributed by atoms with van der Waals surface area (Å²) in [5.74, 6) is 0.399. The van der Waals surface area contributed by atoms with Gasteiger partial charge in [0.2, 0.25) is 0 Å². The molecule has 0 bridgehead atoms. The van der Waals surface area contributed by atoms with Gasteiger partial charge in [0.1, 0.15) is 12.0 Å². The predicted octanol–water partition coefficient (Wildman–Crippen LogP) is 6.73. The van der Waals surface area contributed by atoms with Crippen molar-refractivity contribution in [2.45, 2.75) is 43.7 Å². The minimum absolute atomic E-state index is 0.169. The van der Waals surface area contributed by atoms with Crippen LogP contribution in [0.3, 0.4) is 0 Å². The quantitative estimate of drug-likeness (QED) is 0.294. The minimum atomic E-state index is 0.169. The summed E-state index contributed by atoms with van der Waals surface area (Å²) in [5, 5.41) is 12.6. The molecule has 2 N–H and O–H groups in total. The Balaban J connectivity index is 1.36. The molecule has 0 aliphatic heterocycles. The highest BCUT2D eigenvalue weighted by Crippen LogP contribution is 2.41. The van der Waals surface area contributed by atoms with E-state index in [1.165, 1.54) is 5.56 Å². The Morgan fingerprint density at radius 3 is 2.44 bits per heavy atom. The second kappa shape index (κ2) is 10.3. The van der Waals surface area contributed by atoms with Crippen LogP contribution in [0.5, 0.6) is 0 Å². The number of aromatic amines is 1. The average Bonchev–Trinajstić information content (AvgIpc) is 3.34. The highest BCUT2D eigenvalue weighted by molar-refractivity contribution is 6.30. The fourth-order valence-corrected chi connectivity index (χ4v) is 5.05. The maximum absolute atomic E-state index is 6.12. The van der Waals surface area contributed by atoms with Crippen LogP contribution in [0.2, 0.25) is 5.02 Å². The normalized spacial score (nSPS) is 19.0. The van der Waals surface area contributed by atoms with Crippen LogP contribution in [0.25, 0.3) is 22.5 Å². The monoisotopic (exact) mass is 469 g/mol. The SMILES string of the molecule is C=C[C@@H](NC1CCC(c2[nH]nc(-c3ccc(Cl)cc3)c2-c2ccncn2)CC1)c1ccccc1. The average molecular weight is 470 g/mol. The van der Waals surface area contributed by atoms with Crippen LogP contribution in [0.1, 0.15) is 48.9 Å². The first-order chi connectivity index (χ1) is 16.7. The zero-order valence-corrected chi connectivity index (χ0v) is 19.7.